The zero-order valence-electron chi connectivity index (χ0n) is 12.0. The van der Waals surface area contributed by atoms with Gasteiger partial charge < -0.3 is 10.2 Å². The molecule has 1 saturated heterocycles. The van der Waals surface area contributed by atoms with Gasteiger partial charge in [0.05, 0.1) is 13.1 Å². The van der Waals surface area contributed by atoms with Gasteiger partial charge in [-0.2, -0.15) is 0 Å². The van der Waals surface area contributed by atoms with E-state index in [-0.39, 0.29) is 30.9 Å². The Kier molecular flexibility index (Phi) is 4.74. The van der Waals surface area contributed by atoms with Crippen LogP contribution in [-0.4, -0.2) is 31.4 Å². The van der Waals surface area contributed by atoms with Crippen molar-refractivity contribution in [1.29, 1.82) is 0 Å². The van der Waals surface area contributed by atoms with E-state index < -0.39 is 0 Å². The largest absolute Gasteiger partial charge is 0.353 e. The minimum absolute atomic E-state index is 0.186. The van der Waals surface area contributed by atoms with Crippen LogP contribution in [0.3, 0.4) is 0 Å². The molecule has 1 aromatic rings. The number of nitrogens with one attached hydrogen (secondary N) is 2. The van der Waals surface area contributed by atoms with E-state index in [0.717, 1.165) is 24.2 Å². The molecule has 0 saturated carbocycles. The van der Waals surface area contributed by atoms with Crippen molar-refractivity contribution in [2.24, 2.45) is 0 Å². The summed E-state index contributed by atoms with van der Waals surface area (Å²) in [7, 11) is 0. The van der Waals surface area contributed by atoms with Gasteiger partial charge in [0.15, 0.2) is 0 Å². The molecule has 1 aliphatic rings. The fourth-order valence-corrected chi connectivity index (χ4v) is 2.42. The average Bonchev–Trinajstić information content (AvgIpc) is 2.43. The Balaban J connectivity index is 2.22. The van der Waals surface area contributed by atoms with Crippen LogP contribution < -0.4 is 15.5 Å². The highest BCUT2D eigenvalue weighted by Crippen LogP contribution is 2.26. The first-order valence-corrected chi connectivity index (χ1v) is 7.01. The Bertz CT molecular complexity index is 486. The van der Waals surface area contributed by atoms with Crippen LogP contribution in [0.2, 0.25) is 0 Å². The summed E-state index contributed by atoms with van der Waals surface area (Å²) in [4.78, 5) is 24.9. The van der Waals surface area contributed by atoms with Crippen LogP contribution in [0.4, 0.5) is 5.69 Å². The summed E-state index contributed by atoms with van der Waals surface area (Å²) >= 11 is 0. The van der Waals surface area contributed by atoms with E-state index in [0.29, 0.717) is 0 Å². The number of carbonyl (C=O) groups excluding carboxylic acids is 2. The summed E-state index contributed by atoms with van der Waals surface area (Å²) in [6.07, 6.45) is 1.07. The minimum Gasteiger partial charge on any atom is -0.353 e. The van der Waals surface area contributed by atoms with Crippen molar-refractivity contribution in [2.45, 2.75) is 26.3 Å². The third-order valence-corrected chi connectivity index (χ3v) is 3.39. The Morgan fingerprint density at radius 1 is 1.25 bits per heavy atom. The normalized spacial score (nSPS) is 17.0. The van der Waals surface area contributed by atoms with Gasteiger partial charge in [0.25, 0.3) is 0 Å². The molecule has 5 nitrogen and oxygen atoms in total. The van der Waals surface area contributed by atoms with Gasteiger partial charge in [-0.15, -0.1) is 0 Å². The molecule has 0 aromatic heterocycles. The van der Waals surface area contributed by atoms with Crippen LogP contribution in [-0.2, 0) is 9.59 Å². The van der Waals surface area contributed by atoms with Gasteiger partial charge in [-0.3, -0.25) is 14.9 Å². The number of anilines is 1. The number of imide groups is 1. The third kappa shape index (κ3) is 3.36. The van der Waals surface area contributed by atoms with Gasteiger partial charge in [0.2, 0.25) is 11.8 Å². The lowest BCUT2D eigenvalue weighted by molar-refractivity contribution is -0.130. The molecule has 1 unspecified atom stereocenters. The van der Waals surface area contributed by atoms with Crippen molar-refractivity contribution in [3.05, 3.63) is 29.8 Å². The minimum atomic E-state index is -0.245. The summed E-state index contributed by atoms with van der Waals surface area (Å²) in [6, 6.07) is 8.11. The van der Waals surface area contributed by atoms with E-state index in [1.807, 2.05) is 29.2 Å². The van der Waals surface area contributed by atoms with E-state index in [9.17, 15) is 9.59 Å². The smallest absolute Gasteiger partial charge is 0.246 e. The molecule has 1 aromatic carbocycles. The van der Waals surface area contributed by atoms with Gasteiger partial charge >= 0.3 is 0 Å². The Morgan fingerprint density at radius 2 is 1.90 bits per heavy atom. The molecule has 0 aliphatic carbocycles. The number of amides is 2. The van der Waals surface area contributed by atoms with Crippen molar-refractivity contribution in [1.82, 2.24) is 10.6 Å². The summed E-state index contributed by atoms with van der Waals surface area (Å²) in [6.45, 7) is 5.61. The lowest BCUT2D eigenvalue weighted by atomic mass is 10.0. The molecule has 2 rings (SSSR count). The van der Waals surface area contributed by atoms with Gasteiger partial charge in [-0.1, -0.05) is 25.1 Å². The molecule has 1 atom stereocenters. The molecule has 5 heteroatoms. The Morgan fingerprint density at radius 3 is 2.55 bits per heavy atom. The number of hydrogen-bond donors (Lipinski definition) is 2. The maximum absolute atomic E-state index is 11.5. The highest BCUT2D eigenvalue weighted by molar-refractivity contribution is 6.02. The van der Waals surface area contributed by atoms with Crippen molar-refractivity contribution in [2.75, 3.05) is 24.5 Å². The first-order chi connectivity index (χ1) is 9.61. The zero-order valence-corrected chi connectivity index (χ0v) is 12.0. The van der Waals surface area contributed by atoms with Gasteiger partial charge in [-0.25, -0.2) is 0 Å². The van der Waals surface area contributed by atoms with Gasteiger partial charge in [0.1, 0.15) is 0 Å². The first-order valence-electron chi connectivity index (χ1n) is 7.01. The molecule has 0 bridgehead atoms. The number of hydrogen-bond acceptors (Lipinski definition) is 4. The van der Waals surface area contributed by atoms with E-state index in [4.69, 9.17) is 0 Å². The van der Waals surface area contributed by atoms with Gasteiger partial charge in [-0.05, 0) is 31.5 Å². The number of para-hydroxylation sites is 1. The maximum Gasteiger partial charge on any atom is 0.246 e. The van der Waals surface area contributed by atoms with E-state index in [2.05, 4.69) is 24.5 Å². The van der Waals surface area contributed by atoms with Crippen molar-refractivity contribution >= 4 is 17.5 Å². The lowest BCUT2D eigenvalue weighted by Crippen LogP contribution is -2.51. The molecule has 0 spiro atoms. The predicted molar refractivity (Wildman–Crippen MR) is 78.5 cm³/mol. The second-order valence-corrected chi connectivity index (χ2v) is 5.06. The Labute approximate surface area is 119 Å². The summed E-state index contributed by atoms with van der Waals surface area (Å²) in [5.74, 6) is -0.490. The number of nitrogens with zero attached hydrogens (tertiary/aromatic N) is 1. The van der Waals surface area contributed by atoms with E-state index in [1.54, 1.807) is 0 Å². The average molecular weight is 275 g/mol. The van der Waals surface area contributed by atoms with Crippen molar-refractivity contribution in [3.8, 4) is 0 Å². The zero-order chi connectivity index (χ0) is 14.5. The molecule has 108 valence electrons. The molecule has 20 heavy (non-hydrogen) atoms. The van der Waals surface area contributed by atoms with Crippen LogP contribution in [0.25, 0.3) is 0 Å². The van der Waals surface area contributed by atoms with Crippen LogP contribution in [0.5, 0.6) is 0 Å². The lowest BCUT2D eigenvalue weighted by Gasteiger charge is -2.30. The fourth-order valence-electron chi connectivity index (χ4n) is 2.42. The Hall–Kier alpha value is -1.88. The SMILES string of the molecule is CCCNC(C)c1ccccc1N1CC(=O)NC(=O)C1. The quantitative estimate of drug-likeness (QED) is 0.793. The monoisotopic (exact) mass is 275 g/mol. The number of benzene rings is 1. The molecule has 2 amide bonds. The topological polar surface area (TPSA) is 61.4 Å². The second-order valence-electron chi connectivity index (χ2n) is 5.06. The fraction of sp³-hybridized carbons (Fsp3) is 0.467. The molecular weight excluding hydrogens is 254 g/mol. The van der Waals surface area contributed by atoms with E-state index in [1.165, 1.54) is 0 Å². The maximum atomic E-state index is 11.5. The van der Waals surface area contributed by atoms with Crippen molar-refractivity contribution < 1.29 is 9.59 Å². The molecule has 1 heterocycles. The number of carbonyl (C=O) groups is 2. The third-order valence-electron chi connectivity index (χ3n) is 3.39. The standard InChI is InChI=1S/C15H21N3O2/c1-3-8-16-11(2)12-6-4-5-7-13(12)18-9-14(19)17-15(20)10-18/h4-7,11,16H,3,8-10H2,1-2H3,(H,17,19,20). The first kappa shape index (κ1) is 14.5. The highest BCUT2D eigenvalue weighted by Gasteiger charge is 2.25. The molecule has 1 aliphatic heterocycles. The molecule has 0 radical (unpaired) electrons. The number of piperazine rings is 1. The summed E-state index contributed by atoms with van der Waals surface area (Å²) < 4.78 is 0. The van der Waals surface area contributed by atoms with E-state index >= 15 is 0 Å². The van der Waals surface area contributed by atoms with Crippen LogP contribution in [0, 0.1) is 0 Å². The van der Waals surface area contributed by atoms with Crippen LogP contribution >= 0.6 is 0 Å². The molecular formula is C15H21N3O2. The molecule has 1 fully saturated rings. The second kappa shape index (κ2) is 6.52. The highest BCUT2D eigenvalue weighted by atomic mass is 16.2. The summed E-state index contributed by atoms with van der Waals surface area (Å²) in [5, 5.41) is 5.77. The van der Waals surface area contributed by atoms with Crippen molar-refractivity contribution in [3.63, 3.8) is 0 Å². The van der Waals surface area contributed by atoms with Crippen LogP contribution in [0.1, 0.15) is 31.9 Å². The predicted octanol–water partition coefficient (Wildman–Crippen LogP) is 1.21. The van der Waals surface area contributed by atoms with Gasteiger partial charge in [0, 0.05) is 11.7 Å². The molecule has 2 N–H and O–H groups in total. The number of rotatable bonds is 5. The van der Waals surface area contributed by atoms with Crippen LogP contribution in [0.15, 0.2) is 24.3 Å². The summed E-state index contributed by atoms with van der Waals surface area (Å²) in [5.41, 5.74) is 2.07.